The zero-order chi connectivity index (χ0) is 61.6. The molecule has 0 bridgehead atoms. The first-order chi connectivity index (χ1) is 38.6. The highest BCUT2D eigenvalue weighted by molar-refractivity contribution is 5.88. The average molecular weight is 1180 g/mol. The first-order valence-electron chi connectivity index (χ1n) is 29.1. The van der Waals surface area contributed by atoms with Crippen LogP contribution in [0, 0.1) is 50.2 Å². The lowest BCUT2D eigenvalue weighted by atomic mass is 9.33. The number of rotatable bonds is 15. The third-order valence-electron chi connectivity index (χ3n) is 21.6. The van der Waals surface area contributed by atoms with E-state index in [2.05, 4.69) is 40.7 Å². The van der Waals surface area contributed by atoms with Crippen molar-refractivity contribution in [3.63, 3.8) is 0 Å². The normalized spacial score (nSPS) is 47.8. The molecule has 7 fully saturated rings. The Bertz CT molecular complexity index is 2510. The smallest absolute Gasteiger partial charge is 0.335 e. The van der Waals surface area contributed by atoms with E-state index >= 15 is 0 Å². The lowest BCUT2D eigenvalue weighted by Crippen LogP contribution is -2.72. The summed E-state index contributed by atoms with van der Waals surface area (Å²) in [6.45, 7) is 19.4. The first-order valence-corrected chi connectivity index (χ1v) is 29.1. The second kappa shape index (κ2) is 23.9. The maximum absolute atomic E-state index is 13.9. The lowest BCUT2D eigenvalue weighted by Gasteiger charge is -2.72. The Balaban J connectivity index is 1.04. The molecule has 26 atom stereocenters. The summed E-state index contributed by atoms with van der Waals surface area (Å²) >= 11 is 0. The first kappa shape index (κ1) is 65.4. The van der Waals surface area contributed by atoms with Gasteiger partial charge in [0, 0.05) is 17.1 Å². The fraction of sp³-hybridized carbons (Fsp3) is 0.831. The van der Waals surface area contributed by atoms with Gasteiger partial charge in [-0.25, -0.2) is 14.4 Å². The number of carbonyl (C=O) groups is 4. The second-order valence-electron chi connectivity index (χ2n) is 27.1. The van der Waals surface area contributed by atoms with Gasteiger partial charge in [-0.15, -0.1) is 0 Å². The van der Waals surface area contributed by atoms with Crippen LogP contribution >= 0.6 is 0 Å². The average Bonchev–Trinajstić information content (AvgIpc) is 0.729. The standard InChI is InChI=1S/C59H90O24/c1-12-26(3)50(75)83-47-48(79-36(65)20-25(2)19-35(63)64)59(24-61)29(21-54(47,5)6)28-13-14-32-56(9)17-16-34(55(7,8)31(56)15-18-57(32,10)58(28,11)22-33(59)62)78-53-43(72)45(41(70)46(82-53)49(73)74)81-52-42(71)44(37(66)27(4)76-52)80-51-40(69)39(68)38(67)30(23-60)77-51/h12-13,20,27,29-34,37-48,51-53,60-62,66-72H,14-19,21-24H2,1-11H3,(H,63,64)(H,73,74)/b25-20-,26-12+. The summed E-state index contributed by atoms with van der Waals surface area (Å²) in [4.78, 5) is 51.8. The van der Waals surface area contributed by atoms with E-state index in [4.69, 9.17) is 37.9 Å². The van der Waals surface area contributed by atoms with Crippen LogP contribution in [0.2, 0.25) is 0 Å². The van der Waals surface area contributed by atoms with Gasteiger partial charge in [0.1, 0.15) is 67.1 Å². The van der Waals surface area contributed by atoms with Gasteiger partial charge in [0.25, 0.3) is 0 Å². The Morgan fingerprint density at radius 1 is 0.699 bits per heavy atom. The van der Waals surface area contributed by atoms with Gasteiger partial charge >= 0.3 is 23.9 Å². The summed E-state index contributed by atoms with van der Waals surface area (Å²) in [6.07, 6.45) is -23.2. The number of esters is 2. The topological polar surface area (TPSA) is 385 Å². The Kier molecular flexibility index (Phi) is 18.8. The van der Waals surface area contributed by atoms with Crippen molar-refractivity contribution in [1.29, 1.82) is 0 Å². The molecule has 0 aromatic carbocycles. The van der Waals surface area contributed by atoms with E-state index in [0.717, 1.165) is 11.6 Å². The predicted molar refractivity (Wildman–Crippen MR) is 287 cm³/mol. The third kappa shape index (κ3) is 11.1. The molecule has 8 rings (SSSR count). The minimum absolute atomic E-state index is 0.0128. The second-order valence-corrected chi connectivity index (χ2v) is 27.1. The summed E-state index contributed by atoms with van der Waals surface area (Å²) in [5.74, 6) is -4.93. The molecule has 470 valence electrons. The summed E-state index contributed by atoms with van der Waals surface area (Å²) in [7, 11) is 0. The molecule has 26 unspecified atom stereocenters. The third-order valence-corrected chi connectivity index (χ3v) is 21.6. The molecule has 0 amide bonds. The van der Waals surface area contributed by atoms with Crippen molar-refractivity contribution < 1.29 is 118 Å². The molecule has 83 heavy (non-hydrogen) atoms. The molecule has 0 radical (unpaired) electrons. The SMILES string of the molecule is C/C=C(\C)C(=O)OC1C(OC(=O)/C=C(/C)CC(=O)O)C2(CO)C(O)CC3(C)C(=CCC4C5(C)CCC(OC6OC(C(=O)O)C(O)C(OC7OC(C)C(O)C(OC8OC(CO)C(O)C(O)C8O)C7O)C6O)C(C)(C)C5CCC43C)C2CC1(C)C. The summed E-state index contributed by atoms with van der Waals surface area (Å²) in [6, 6.07) is 0. The minimum Gasteiger partial charge on any atom is -0.481 e. The molecule has 24 nitrogen and oxygen atoms in total. The fourth-order valence-electron chi connectivity index (χ4n) is 16.7. The number of carboxylic acids is 2. The van der Waals surface area contributed by atoms with Gasteiger partial charge in [-0.2, -0.15) is 0 Å². The molecule has 3 aliphatic heterocycles. The minimum atomic E-state index is -2.07. The summed E-state index contributed by atoms with van der Waals surface area (Å²) in [5, 5.41) is 132. The van der Waals surface area contributed by atoms with Crippen molar-refractivity contribution in [3.05, 3.63) is 34.9 Å². The monoisotopic (exact) mass is 1180 g/mol. The van der Waals surface area contributed by atoms with E-state index in [0.29, 0.717) is 44.1 Å². The van der Waals surface area contributed by atoms with Gasteiger partial charge in [0.15, 0.2) is 31.1 Å². The number of aliphatic hydroxyl groups is 10. The van der Waals surface area contributed by atoms with Crippen LogP contribution in [0.1, 0.15) is 128 Å². The molecule has 8 aliphatic rings. The fourth-order valence-corrected chi connectivity index (χ4v) is 16.7. The number of aliphatic carboxylic acids is 2. The highest BCUT2D eigenvalue weighted by Crippen LogP contribution is 2.76. The molecule has 0 aromatic rings. The number of ether oxygens (including phenoxy) is 8. The zero-order valence-corrected chi connectivity index (χ0v) is 49.3. The van der Waals surface area contributed by atoms with E-state index < -0.39 is 193 Å². The van der Waals surface area contributed by atoms with Crippen LogP contribution in [0.25, 0.3) is 0 Å². The van der Waals surface area contributed by atoms with E-state index in [1.165, 1.54) is 13.8 Å². The van der Waals surface area contributed by atoms with Crippen LogP contribution in [0.15, 0.2) is 34.9 Å². The quantitative estimate of drug-likeness (QED) is 0.0473. The molecular weight excluding hydrogens is 1090 g/mol. The highest BCUT2D eigenvalue weighted by atomic mass is 16.8. The number of carboxylic acid groups (broad SMARTS) is 2. The Labute approximate surface area is 483 Å². The maximum atomic E-state index is 13.9. The van der Waals surface area contributed by atoms with E-state index in [9.17, 15) is 80.5 Å². The van der Waals surface area contributed by atoms with Crippen LogP contribution in [-0.4, -0.2) is 215 Å². The van der Waals surface area contributed by atoms with Gasteiger partial charge in [-0.3, -0.25) is 4.79 Å². The largest absolute Gasteiger partial charge is 0.481 e. The van der Waals surface area contributed by atoms with Crippen LogP contribution in [-0.2, 0) is 57.1 Å². The molecule has 24 heteroatoms. The molecule has 5 aliphatic carbocycles. The molecule has 3 heterocycles. The van der Waals surface area contributed by atoms with Gasteiger partial charge in [0.05, 0.1) is 43.4 Å². The predicted octanol–water partition coefficient (Wildman–Crippen LogP) is 1.14. The molecule has 12 N–H and O–H groups in total. The number of aliphatic hydroxyl groups excluding tert-OH is 10. The van der Waals surface area contributed by atoms with Crippen molar-refractivity contribution in [2.75, 3.05) is 13.2 Å². The van der Waals surface area contributed by atoms with Crippen LogP contribution in [0.5, 0.6) is 0 Å². The number of hydrogen-bond donors (Lipinski definition) is 12. The number of allylic oxidation sites excluding steroid dienone is 3. The zero-order valence-electron chi connectivity index (χ0n) is 49.3. The van der Waals surface area contributed by atoms with E-state index in [1.807, 2.05) is 13.8 Å². The molecule has 3 saturated heterocycles. The van der Waals surface area contributed by atoms with Gasteiger partial charge < -0.3 is 99.2 Å². The molecule has 0 spiro atoms. The maximum Gasteiger partial charge on any atom is 0.335 e. The number of fused-ring (bicyclic) bond motifs is 7. The summed E-state index contributed by atoms with van der Waals surface area (Å²) < 4.78 is 48.0. The number of carbonyl (C=O) groups excluding carboxylic acids is 2. The van der Waals surface area contributed by atoms with E-state index in [1.54, 1.807) is 19.9 Å². The Hall–Kier alpha value is -3.54. The Morgan fingerprint density at radius 2 is 1.31 bits per heavy atom. The van der Waals surface area contributed by atoms with Crippen molar-refractivity contribution >= 4 is 23.9 Å². The molecule has 0 aromatic heterocycles. The van der Waals surface area contributed by atoms with Crippen molar-refractivity contribution in [1.82, 2.24) is 0 Å². The van der Waals surface area contributed by atoms with Crippen molar-refractivity contribution in [2.24, 2.45) is 50.2 Å². The molecular formula is C59H90O24. The van der Waals surface area contributed by atoms with Gasteiger partial charge in [-0.1, -0.05) is 71.8 Å². The van der Waals surface area contributed by atoms with Gasteiger partial charge in [0.2, 0.25) is 0 Å². The van der Waals surface area contributed by atoms with Gasteiger partial charge in [-0.05, 0) is 112 Å². The number of hydrogen-bond acceptors (Lipinski definition) is 22. The van der Waals surface area contributed by atoms with Crippen molar-refractivity contribution in [2.45, 2.75) is 244 Å². The van der Waals surface area contributed by atoms with E-state index in [-0.39, 0.29) is 29.2 Å². The summed E-state index contributed by atoms with van der Waals surface area (Å²) in [5.41, 5.74) is -3.13. The van der Waals surface area contributed by atoms with Crippen molar-refractivity contribution in [3.8, 4) is 0 Å². The molecule has 4 saturated carbocycles. The van der Waals surface area contributed by atoms with Crippen LogP contribution in [0.3, 0.4) is 0 Å². The lowest BCUT2D eigenvalue weighted by molar-refractivity contribution is -0.380. The Morgan fingerprint density at radius 3 is 1.90 bits per heavy atom. The van der Waals surface area contributed by atoms with Crippen LogP contribution < -0.4 is 0 Å². The van der Waals surface area contributed by atoms with Crippen LogP contribution in [0.4, 0.5) is 0 Å². The highest BCUT2D eigenvalue weighted by Gasteiger charge is 2.74.